The Morgan fingerprint density at radius 2 is 2.36 bits per heavy atom. The molecule has 0 N–H and O–H groups in total. The summed E-state index contributed by atoms with van der Waals surface area (Å²) in [5.74, 6) is -0.522. The molecular weight excluding hydrogens is 146 g/mol. The average molecular weight is 155 g/mol. The number of isocyanates is 1. The van der Waals surface area contributed by atoms with E-state index in [1.807, 2.05) is 0 Å². The van der Waals surface area contributed by atoms with Crippen molar-refractivity contribution in [2.24, 2.45) is 4.99 Å². The van der Waals surface area contributed by atoms with E-state index in [9.17, 15) is 9.59 Å². The highest BCUT2D eigenvalue weighted by Crippen LogP contribution is 1.94. The van der Waals surface area contributed by atoms with Crippen molar-refractivity contribution in [1.29, 1.82) is 0 Å². The Labute approximate surface area is 64.6 Å². The molecule has 0 rings (SSSR count). The van der Waals surface area contributed by atoms with Crippen LogP contribution in [0.3, 0.4) is 0 Å². The third-order valence-electron chi connectivity index (χ3n) is 0.899. The fourth-order valence-corrected chi connectivity index (χ4v) is 0.425. The van der Waals surface area contributed by atoms with Crippen LogP contribution in [0.25, 0.3) is 0 Å². The fraction of sp³-hybridized carbons (Fsp3) is 0.429. The van der Waals surface area contributed by atoms with E-state index in [2.05, 4.69) is 16.3 Å². The minimum atomic E-state index is -0.522. The number of aliphatic imine (C=N–C) groups is 1. The van der Waals surface area contributed by atoms with Gasteiger partial charge in [-0.25, -0.2) is 14.6 Å². The van der Waals surface area contributed by atoms with E-state index in [-0.39, 0.29) is 12.1 Å². The van der Waals surface area contributed by atoms with Gasteiger partial charge in [-0.3, -0.25) is 0 Å². The number of esters is 1. The summed E-state index contributed by atoms with van der Waals surface area (Å²) in [5.41, 5.74) is 0.162. The lowest BCUT2D eigenvalue weighted by atomic mass is 10.3. The van der Waals surface area contributed by atoms with Gasteiger partial charge in [0.25, 0.3) is 0 Å². The van der Waals surface area contributed by atoms with Gasteiger partial charge in [-0.2, -0.15) is 0 Å². The molecule has 0 fully saturated rings. The van der Waals surface area contributed by atoms with E-state index in [0.29, 0.717) is 6.61 Å². The minimum absolute atomic E-state index is 0.0394. The van der Waals surface area contributed by atoms with Crippen molar-refractivity contribution >= 4 is 12.0 Å². The van der Waals surface area contributed by atoms with Crippen LogP contribution in [0.15, 0.2) is 17.1 Å². The molecule has 0 saturated carbocycles. The number of carbonyl (C=O) groups is 1. The molecule has 0 heterocycles. The summed E-state index contributed by atoms with van der Waals surface area (Å²) in [6.45, 7) is 5.31. The molecule has 0 aliphatic heterocycles. The fourth-order valence-electron chi connectivity index (χ4n) is 0.425. The zero-order chi connectivity index (χ0) is 8.69. The Balaban J connectivity index is 3.83. The summed E-state index contributed by atoms with van der Waals surface area (Å²) < 4.78 is 4.57. The van der Waals surface area contributed by atoms with Gasteiger partial charge in [-0.15, -0.1) is 0 Å². The molecule has 0 spiro atoms. The number of carbonyl (C=O) groups excluding carboxylic acids is 2. The van der Waals surface area contributed by atoms with Crippen molar-refractivity contribution in [3.05, 3.63) is 12.2 Å². The molecule has 4 nitrogen and oxygen atoms in total. The largest absolute Gasteiger partial charge is 0.463 e. The first kappa shape index (κ1) is 9.59. The van der Waals surface area contributed by atoms with Gasteiger partial charge in [-0.1, -0.05) is 6.58 Å². The molecule has 0 amide bonds. The molecule has 60 valence electrons. The van der Waals surface area contributed by atoms with Crippen LogP contribution >= 0.6 is 0 Å². The summed E-state index contributed by atoms with van der Waals surface area (Å²) >= 11 is 0. The summed E-state index contributed by atoms with van der Waals surface area (Å²) in [6, 6.07) is 0. The van der Waals surface area contributed by atoms with E-state index in [1.165, 1.54) is 6.08 Å². The van der Waals surface area contributed by atoms with Crippen LogP contribution in [-0.4, -0.2) is 25.2 Å². The summed E-state index contributed by atoms with van der Waals surface area (Å²) in [4.78, 5) is 23.5. The molecule has 0 radical (unpaired) electrons. The van der Waals surface area contributed by atoms with Crippen LogP contribution in [0.1, 0.15) is 6.92 Å². The van der Waals surface area contributed by atoms with E-state index < -0.39 is 5.97 Å². The third kappa shape index (κ3) is 4.06. The molecule has 0 aromatic rings. The topological polar surface area (TPSA) is 55.7 Å². The zero-order valence-corrected chi connectivity index (χ0v) is 6.29. The van der Waals surface area contributed by atoms with Gasteiger partial charge < -0.3 is 4.74 Å². The summed E-state index contributed by atoms with van der Waals surface area (Å²) in [5, 5.41) is 0. The highest BCUT2D eigenvalue weighted by molar-refractivity contribution is 5.88. The molecule has 0 saturated heterocycles. The molecule has 0 aromatic heterocycles. The number of hydrogen-bond donors (Lipinski definition) is 0. The second kappa shape index (κ2) is 5.38. The van der Waals surface area contributed by atoms with Crippen LogP contribution in [0.2, 0.25) is 0 Å². The molecule has 0 aromatic carbocycles. The van der Waals surface area contributed by atoms with Crippen molar-refractivity contribution in [3.63, 3.8) is 0 Å². The summed E-state index contributed by atoms with van der Waals surface area (Å²) in [7, 11) is 0. The van der Waals surface area contributed by atoms with Gasteiger partial charge in [0.1, 0.15) is 0 Å². The minimum Gasteiger partial charge on any atom is -0.463 e. The average Bonchev–Trinajstić information content (AvgIpc) is 2.00. The summed E-state index contributed by atoms with van der Waals surface area (Å²) in [6.07, 6.45) is 1.30. The van der Waals surface area contributed by atoms with Gasteiger partial charge in [0.2, 0.25) is 6.08 Å². The highest BCUT2D eigenvalue weighted by Gasteiger charge is 2.05. The van der Waals surface area contributed by atoms with Gasteiger partial charge >= 0.3 is 5.97 Å². The molecule has 0 aliphatic carbocycles. The van der Waals surface area contributed by atoms with Gasteiger partial charge in [0.15, 0.2) is 0 Å². The van der Waals surface area contributed by atoms with E-state index in [1.54, 1.807) is 6.92 Å². The standard InChI is InChI=1S/C7H9NO3/c1-3-11-7(10)6(2)4-8-5-9/h2-4H2,1H3. The maximum atomic E-state index is 10.7. The monoisotopic (exact) mass is 155 g/mol. The normalized spacial score (nSPS) is 8.09. The lowest BCUT2D eigenvalue weighted by molar-refractivity contribution is -0.138. The predicted octanol–water partition coefficient (Wildman–Crippen LogP) is 0.441. The molecule has 0 atom stereocenters. The van der Waals surface area contributed by atoms with Crippen molar-refractivity contribution in [2.45, 2.75) is 6.92 Å². The zero-order valence-electron chi connectivity index (χ0n) is 6.29. The molecule has 4 heteroatoms. The Bertz CT molecular complexity index is 204. The quantitative estimate of drug-likeness (QED) is 0.256. The second-order valence-electron chi connectivity index (χ2n) is 1.73. The van der Waals surface area contributed by atoms with Crippen molar-refractivity contribution in [3.8, 4) is 0 Å². The van der Waals surface area contributed by atoms with Gasteiger partial charge in [0.05, 0.1) is 18.7 Å². The SMILES string of the molecule is C=C(CN=C=O)C(=O)OCC. The number of ether oxygens (including phenoxy) is 1. The Kier molecular flexibility index (Phi) is 4.69. The molecule has 11 heavy (non-hydrogen) atoms. The van der Waals surface area contributed by atoms with Gasteiger partial charge in [0, 0.05) is 0 Å². The van der Waals surface area contributed by atoms with E-state index in [4.69, 9.17) is 0 Å². The van der Waals surface area contributed by atoms with E-state index >= 15 is 0 Å². The van der Waals surface area contributed by atoms with Crippen molar-refractivity contribution in [1.82, 2.24) is 0 Å². The first-order valence-electron chi connectivity index (χ1n) is 3.11. The van der Waals surface area contributed by atoms with Crippen LogP contribution < -0.4 is 0 Å². The first-order valence-corrected chi connectivity index (χ1v) is 3.11. The number of hydrogen-bond acceptors (Lipinski definition) is 4. The van der Waals surface area contributed by atoms with Crippen molar-refractivity contribution in [2.75, 3.05) is 13.2 Å². The lowest BCUT2D eigenvalue weighted by Crippen LogP contribution is -2.08. The molecule has 0 bridgehead atoms. The van der Waals surface area contributed by atoms with Crippen LogP contribution in [0.4, 0.5) is 0 Å². The second-order valence-corrected chi connectivity index (χ2v) is 1.73. The maximum Gasteiger partial charge on any atom is 0.335 e. The number of nitrogens with zero attached hydrogens (tertiary/aromatic N) is 1. The van der Waals surface area contributed by atoms with Gasteiger partial charge in [-0.05, 0) is 6.92 Å². The molecule has 0 unspecified atom stereocenters. The van der Waals surface area contributed by atoms with Crippen LogP contribution in [0, 0.1) is 0 Å². The van der Waals surface area contributed by atoms with E-state index in [0.717, 1.165) is 0 Å². The Morgan fingerprint density at radius 3 is 2.82 bits per heavy atom. The third-order valence-corrected chi connectivity index (χ3v) is 0.899. The lowest BCUT2D eigenvalue weighted by Gasteiger charge is -1.99. The van der Waals surface area contributed by atoms with Crippen LogP contribution in [-0.2, 0) is 14.3 Å². The predicted molar refractivity (Wildman–Crippen MR) is 38.8 cm³/mol. The Morgan fingerprint density at radius 1 is 1.73 bits per heavy atom. The number of rotatable bonds is 4. The first-order chi connectivity index (χ1) is 5.22. The highest BCUT2D eigenvalue weighted by atomic mass is 16.5. The molecular formula is C7H9NO3. The smallest absolute Gasteiger partial charge is 0.335 e. The Hall–Kier alpha value is -1.41. The maximum absolute atomic E-state index is 10.7. The van der Waals surface area contributed by atoms with Crippen molar-refractivity contribution < 1.29 is 14.3 Å². The molecule has 0 aliphatic rings. The van der Waals surface area contributed by atoms with Crippen LogP contribution in [0.5, 0.6) is 0 Å².